The molecule has 0 bridgehead atoms. The average Bonchev–Trinajstić information content (AvgIpc) is 3.37. The predicted molar refractivity (Wildman–Crippen MR) is 123 cm³/mol. The molecule has 4 heterocycles. The number of carbonyl (C=O) groups is 2. The molecule has 2 N–H and O–H groups in total. The number of carboxylic acids is 2. The Bertz CT molecular complexity index is 885. The molecule has 1 aromatic rings. The molecule has 4 rings (SSSR count). The second kappa shape index (κ2) is 13.9. The van der Waals surface area contributed by atoms with E-state index in [1.807, 2.05) is 0 Å². The SMILES string of the molecule is Cc1nc(CN2CCOCC3(CCN(C4CCOCC4)C3)C2)cs1.O=C(O)C(F)(F)F.O=C(O)C(F)(F)F. The summed E-state index contributed by atoms with van der Waals surface area (Å²) in [6.07, 6.45) is -6.52. The first-order valence-corrected chi connectivity index (χ1v) is 12.6. The Kier molecular flexibility index (Phi) is 11.8. The van der Waals surface area contributed by atoms with E-state index >= 15 is 0 Å². The maximum Gasteiger partial charge on any atom is 0.490 e. The van der Waals surface area contributed by atoms with Crippen molar-refractivity contribution in [3.8, 4) is 0 Å². The zero-order chi connectivity index (χ0) is 28.6. The molecule has 3 saturated heterocycles. The summed E-state index contributed by atoms with van der Waals surface area (Å²) < 4.78 is 75.0. The Morgan fingerprint density at radius 1 is 1.03 bits per heavy atom. The Morgan fingerprint density at radius 3 is 2.11 bits per heavy atom. The Morgan fingerprint density at radius 2 is 1.61 bits per heavy atom. The van der Waals surface area contributed by atoms with Crippen molar-refractivity contribution in [2.45, 2.75) is 51.1 Å². The van der Waals surface area contributed by atoms with Crippen LogP contribution in [0, 0.1) is 12.3 Å². The zero-order valence-corrected chi connectivity index (χ0v) is 21.5. The third-order valence-corrected chi connectivity index (χ3v) is 7.05. The van der Waals surface area contributed by atoms with Gasteiger partial charge in [-0.2, -0.15) is 26.3 Å². The number of aromatic nitrogens is 1. The Labute approximate surface area is 219 Å². The van der Waals surface area contributed by atoms with Gasteiger partial charge in [-0.15, -0.1) is 11.3 Å². The molecule has 0 aromatic carbocycles. The molecule has 0 saturated carbocycles. The predicted octanol–water partition coefficient (Wildman–Crippen LogP) is 3.42. The van der Waals surface area contributed by atoms with Gasteiger partial charge in [-0.05, 0) is 32.7 Å². The van der Waals surface area contributed by atoms with E-state index in [9.17, 15) is 26.3 Å². The summed E-state index contributed by atoms with van der Waals surface area (Å²) in [6, 6.07) is 0.719. The molecule has 38 heavy (non-hydrogen) atoms. The van der Waals surface area contributed by atoms with Crippen LogP contribution in [0.25, 0.3) is 0 Å². The third-order valence-electron chi connectivity index (χ3n) is 6.23. The van der Waals surface area contributed by atoms with E-state index in [4.69, 9.17) is 29.3 Å². The van der Waals surface area contributed by atoms with Crippen LogP contribution in [-0.2, 0) is 25.6 Å². The van der Waals surface area contributed by atoms with Gasteiger partial charge in [0.2, 0.25) is 0 Å². The molecule has 16 heteroatoms. The number of halogens is 6. The van der Waals surface area contributed by atoms with Crippen LogP contribution in [0.2, 0.25) is 0 Å². The molecule has 3 fully saturated rings. The fourth-order valence-corrected chi connectivity index (χ4v) is 5.11. The normalized spacial score (nSPS) is 23.7. The zero-order valence-electron chi connectivity index (χ0n) is 20.7. The summed E-state index contributed by atoms with van der Waals surface area (Å²) in [4.78, 5) is 27.7. The van der Waals surface area contributed by atoms with Gasteiger partial charge < -0.3 is 19.7 Å². The first-order valence-electron chi connectivity index (χ1n) is 11.7. The Hall–Kier alpha value is -2.01. The number of rotatable bonds is 3. The van der Waals surface area contributed by atoms with E-state index < -0.39 is 24.3 Å². The quantitative estimate of drug-likeness (QED) is 0.521. The molecule has 0 amide bonds. The molecule has 0 aliphatic carbocycles. The van der Waals surface area contributed by atoms with Gasteiger partial charge in [-0.1, -0.05) is 0 Å². The number of alkyl halides is 6. The average molecular weight is 580 g/mol. The third kappa shape index (κ3) is 10.6. The topological polar surface area (TPSA) is 112 Å². The van der Waals surface area contributed by atoms with Crippen LogP contribution in [0.3, 0.4) is 0 Å². The standard InChI is InChI=1S/C18H29N3O2S.2C2HF3O2/c1-15-19-16(11-24-15)10-20-6-9-23-14-18(12-20)4-5-21(13-18)17-2-7-22-8-3-17;2*3-2(4,5)1(6)7/h11,17H,2-10,12-14H2,1H3;2*(H,6,7). The molecule has 1 atom stereocenters. The summed E-state index contributed by atoms with van der Waals surface area (Å²) in [7, 11) is 0. The number of hydrogen-bond acceptors (Lipinski definition) is 8. The molecule has 9 nitrogen and oxygen atoms in total. The van der Waals surface area contributed by atoms with Crippen molar-refractivity contribution < 1.29 is 55.6 Å². The summed E-state index contributed by atoms with van der Waals surface area (Å²) in [5.74, 6) is -5.51. The molecular weight excluding hydrogens is 548 g/mol. The number of hydrogen-bond donors (Lipinski definition) is 2. The highest BCUT2D eigenvalue weighted by atomic mass is 32.1. The van der Waals surface area contributed by atoms with Gasteiger partial charge in [0.15, 0.2) is 0 Å². The van der Waals surface area contributed by atoms with E-state index in [2.05, 4.69) is 27.1 Å². The van der Waals surface area contributed by atoms with Gasteiger partial charge in [0, 0.05) is 56.2 Å². The van der Waals surface area contributed by atoms with Gasteiger partial charge in [0.25, 0.3) is 0 Å². The maximum absolute atomic E-state index is 10.6. The van der Waals surface area contributed by atoms with Gasteiger partial charge in [0.05, 0.1) is 23.9 Å². The molecule has 218 valence electrons. The van der Waals surface area contributed by atoms with E-state index in [1.54, 1.807) is 11.3 Å². The number of nitrogens with zero attached hydrogens (tertiary/aromatic N) is 3. The van der Waals surface area contributed by atoms with Crippen LogP contribution in [-0.4, -0.2) is 108 Å². The van der Waals surface area contributed by atoms with Crippen LogP contribution < -0.4 is 0 Å². The number of ether oxygens (including phenoxy) is 2. The van der Waals surface area contributed by atoms with E-state index in [-0.39, 0.29) is 0 Å². The van der Waals surface area contributed by atoms with Crippen molar-refractivity contribution in [3.63, 3.8) is 0 Å². The van der Waals surface area contributed by atoms with Crippen molar-refractivity contribution >= 4 is 23.3 Å². The van der Waals surface area contributed by atoms with E-state index in [0.717, 1.165) is 57.1 Å². The first-order chi connectivity index (χ1) is 17.6. The van der Waals surface area contributed by atoms with Crippen molar-refractivity contribution in [1.29, 1.82) is 0 Å². The van der Waals surface area contributed by atoms with Crippen LogP contribution in [0.15, 0.2) is 5.38 Å². The van der Waals surface area contributed by atoms with Crippen LogP contribution in [0.4, 0.5) is 26.3 Å². The van der Waals surface area contributed by atoms with Crippen LogP contribution in [0.5, 0.6) is 0 Å². The van der Waals surface area contributed by atoms with Crippen molar-refractivity contribution in [3.05, 3.63) is 16.1 Å². The summed E-state index contributed by atoms with van der Waals surface area (Å²) in [5.41, 5.74) is 1.52. The lowest BCUT2D eigenvalue weighted by Gasteiger charge is -2.35. The fraction of sp³-hybridized carbons (Fsp3) is 0.773. The van der Waals surface area contributed by atoms with Crippen LogP contribution in [0.1, 0.15) is 30.0 Å². The fourth-order valence-electron chi connectivity index (χ4n) is 4.50. The minimum absolute atomic E-state index is 0.305. The monoisotopic (exact) mass is 579 g/mol. The first kappa shape index (κ1) is 32.2. The molecule has 0 radical (unpaired) electrons. The summed E-state index contributed by atoms with van der Waals surface area (Å²) in [6.45, 7) is 11.2. The lowest BCUT2D eigenvalue weighted by molar-refractivity contribution is -0.193. The molecule has 1 unspecified atom stereocenters. The van der Waals surface area contributed by atoms with Gasteiger partial charge in [-0.25, -0.2) is 14.6 Å². The minimum Gasteiger partial charge on any atom is -0.475 e. The summed E-state index contributed by atoms with van der Waals surface area (Å²) in [5, 5.41) is 17.6. The number of thiazole rings is 1. The smallest absolute Gasteiger partial charge is 0.475 e. The van der Waals surface area contributed by atoms with Crippen molar-refractivity contribution in [2.75, 3.05) is 52.6 Å². The number of carboxylic acid groups (broad SMARTS) is 2. The van der Waals surface area contributed by atoms with E-state index in [1.165, 1.54) is 38.0 Å². The molecule has 1 spiro atoms. The number of aliphatic carboxylic acids is 2. The highest BCUT2D eigenvalue weighted by molar-refractivity contribution is 7.09. The highest BCUT2D eigenvalue weighted by Crippen LogP contribution is 2.36. The van der Waals surface area contributed by atoms with Crippen LogP contribution >= 0.6 is 11.3 Å². The molecule has 3 aliphatic rings. The van der Waals surface area contributed by atoms with Crippen molar-refractivity contribution in [2.24, 2.45) is 5.41 Å². The second-order valence-corrected chi connectivity index (χ2v) is 10.4. The van der Waals surface area contributed by atoms with E-state index in [0.29, 0.717) is 5.41 Å². The molecular formula is C22H31F6N3O6S. The highest BCUT2D eigenvalue weighted by Gasteiger charge is 2.43. The van der Waals surface area contributed by atoms with Gasteiger partial charge >= 0.3 is 24.3 Å². The van der Waals surface area contributed by atoms with Gasteiger partial charge in [-0.3, -0.25) is 9.80 Å². The molecule has 1 aromatic heterocycles. The van der Waals surface area contributed by atoms with Crippen molar-refractivity contribution in [1.82, 2.24) is 14.8 Å². The number of likely N-dealkylation sites (tertiary alicyclic amines) is 1. The Balaban J connectivity index is 0.000000301. The molecule has 3 aliphatic heterocycles. The summed E-state index contributed by atoms with van der Waals surface area (Å²) >= 11 is 1.75. The van der Waals surface area contributed by atoms with Gasteiger partial charge in [0.1, 0.15) is 0 Å². The second-order valence-electron chi connectivity index (χ2n) is 9.29. The minimum atomic E-state index is -5.08. The largest absolute Gasteiger partial charge is 0.490 e. The lowest BCUT2D eigenvalue weighted by Crippen LogP contribution is -2.43. The number of aryl methyl sites for hydroxylation is 1. The maximum atomic E-state index is 10.6. The lowest BCUT2D eigenvalue weighted by atomic mass is 9.87.